The van der Waals surface area contributed by atoms with Gasteiger partial charge in [-0.25, -0.2) is 0 Å². The second-order valence-electron chi connectivity index (χ2n) is 4.78. The number of nitrogens with zero attached hydrogens (tertiary/aromatic N) is 1. The number of hydrogen-bond acceptors (Lipinski definition) is 3. The van der Waals surface area contributed by atoms with E-state index in [-0.39, 0.29) is 0 Å². The van der Waals surface area contributed by atoms with Gasteiger partial charge >= 0.3 is 0 Å². The van der Waals surface area contributed by atoms with Crippen molar-refractivity contribution >= 4 is 27.3 Å². The van der Waals surface area contributed by atoms with Crippen LogP contribution in [-0.4, -0.2) is 23.3 Å². The summed E-state index contributed by atoms with van der Waals surface area (Å²) in [4.78, 5) is 1.30. The average molecular weight is 326 g/mol. The number of nitrogens with one attached hydrogen (secondary N) is 2. The van der Waals surface area contributed by atoms with Crippen molar-refractivity contribution in [3.05, 3.63) is 27.3 Å². The van der Waals surface area contributed by atoms with Crippen LogP contribution >= 0.6 is 27.3 Å². The van der Waals surface area contributed by atoms with Gasteiger partial charge in [0.1, 0.15) is 0 Å². The fourth-order valence-corrected chi connectivity index (χ4v) is 4.12. The predicted molar refractivity (Wildman–Crippen MR) is 79.2 cm³/mol. The molecule has 2 N–H and O–H groups in total. The summed E-state index contributed by atoms with van der Waals surface area (Å²) in [6, 6.07) is 2.18. The molecular formula is C13H16BrN3S. The van der Waals surface area contributed by atoms with Gasteiger partial charge in [-0.1, -0.05) is 0 Å². The van der Waals surface area contributed by atoms with E-state index in [9.17, 15) is 0 Å². The normalized spacial score (nSPS) is 20.2. The average Bonchev–Trinajstić information content (AvgIpc) is 2.96. The third-order valence-corrected chi connectivity index (χ3v) is 5.18. The molecule has 1 aliphatic heterocycles. The third-order valence-electron chi connectivity index (χ3n) is 3.47. The molecule has 1 atom stereocenters. The molecule has 3 nitrogen and oxygen atoms in total. The minimum Gasteiger partial charge on any atom is -0.316 e. The van der Waals surface area contributed by atoms with Gasteiger partial charge in [0.25, 0.3) is 0 Å². The van der Waals surface area contributed by atoms with Crippen molar-refractivity contribution in [1.29, 1.82) is 0 Å². The smallest absolute Gasteiger partial charge is 0.0755 e. The Hall–Kier alpha value is -0.650. The van der Waals surface area contributed by atoms with Gasteiger partial charge in [-0.2, -0.15) is 5.10 Å². The van der Waals surface area contributed by atoms with Gasteiger partial charge in [-0.15, -0.1) is 11.3 Å². The first-order chi connectivity index (χ1) is 8.75. The number of halogens is 1. The number of aromatic nitrogens is 2. The van der Waals surface area contributed by atoms with E-state index in [1.54, 1.807) is 11.3 Å². The molecule has 0 aliphatic carbocycles. The minimum atomic E-state index is 0.541. The molecule has 0 saturated carbocycles. The second kappa shape index (κ2) is 5.15. The van der Waals surface area contributed by atoms with E-state index in [4.69, 9.17) is 0 Å². The van der Waals surface area contributed by atoms with Gasteiger partial charge in [-0.05, 0) is 48.3 Å². The van der Waals surface area contributed by atoms with Gasteiger partial charge in [0.15, 0.2) is 0 Å². The highest BCUT2D eigenvalue weighted by Crippen LogP contribution is 2.37. The van der Waals surface area contributed by atoms with Crippen LogP contribution < -0.4 is 5.32 Å². The quantitative estimate of drug-likeness (QED) is 0.884. The number of thiophene rings is 1. The fourth-order valence-electron chi connectivity index (χ4n) is 2.58. The molecule has 0 aromatic carbocycles. The summed E-state index contributed by atoms with van der Waals surface area (Å²) in [5.41, 5.74) is 3.71. The lowest BCUT2D eigenvalue weighted by molar-refractivity contribution is 0.455. The van der Waals surface area contributed by atoms with Crippen LogP contribution in [0.2, 0.25) is 0 Å². The van der Waals surface area contributed by atoms with Crippen LogP contribution in [-0.2, 0) is 0 Å². The van der Waals surface area contributed by atoms with Crippen LogP contribution in [0.25, 0.3) is 10.4 Å². The lowest BCUT2D eigenvalue weighted by Gasteiger charge is -2.22. The molecule has 96 valence electrons. The summed E-state index contributed by atoms with van der Waals surface area (Å²) in [5.74, 6) is 0.541. The lowest BCUT2D eigenvalue weighted by Crippen LogP contribution is -2.28. The van der Waals surface area contributed by atoms with Gasteiger partial charge in [0, 0.05) is 38.4 Å². The highest BCUT2D eigenvalue weighted by atomic mass is 79.9. The predicted octanol–water partition coefficient (Wildman–Crippen LogP) is 3.68. The Labute approximate surface area is 119 Å². The van der Waals surface area contributed by atoms with Crippen molar-refractivity contribution in [2.24, 2.45) is 0 Å². The maximum Gasteiger partial charge on any atom is 0.0755 e. The van der Waals surface area contributed by atoms with Crippen LogP contribution in [0.5, 0.6) is 0 Å². The fraction of sp³-hybridized carbons (Fsp3) is 0.462. The molecule has 0 spiro atoms. The Kier molecular flexibility index (Phi) is 3.54. The molecule has 1 fully saturated rings. The molecule has 0 amide bonds. The molecule has 2 aromatic rings. The number of hydrogen-bond donors (Lipinski definition) is 2. The topological polar surface area (TPSA) is 40.7 Å². The van der Waals surface area contributed by atoms with E-state index in [1.165, 1.54) is 34.7 Å². The Balaban J connectivity index is 2.00. The van der Waals surface area contributed by atoms with Crippen molar-refractivity contribution in [1.82, 2.24) is 15.5 Å². The first kappa shape index (κ1) is 12.4. The zero-order valence-electron chi connectivity index (χ0n) is 10.3. The maximum atomic E-state index is 4.55. The van der Waals surface area contributed by atoms with E-state index >= 15 is 0 Å². The number of rotatable bonds is 2. The number of H-pyrrole nitrogens is 1. The summed E-state index contributed by atoms with van der Waals surface area (Å²) in [6.07, 6.45) is 2.47. The molecule has 18 heavy (non-hydrogen) atoms. The first-order valence-corrected chi connectivity index (χ1v) is 7.93. The molecule has 0 bridgehead atoms. The largest absolute Gasteiger partial charge is 0.316 e. The van der Waals surface area contributed by atoms with Crippen LogP contribution in [0.4, 0.5) is 0 Å². The summed E-state index contributed by atoms with van der Waals surface area (Å²) in [5, 5.41) is 13.3. The van der Waals surface area contributed by atoms with Gasteiger partial charge in [0.2, 0.25) is 0 Å². The van der Waals surface area contributed by atoms with Crippen LogP contribution in [0, 0.1) is 6.92 Å². The second-order valence-corrected chi connectivity index (χ2v) is 6.61. The monoisotopic (exact) mass is 325 g/mol. The molecule has 1 unspecified atom stereocenters. The van der Waals surface area contributed by atoms with Gasteiger partial charge in [0.05, 0.1) is 5.69 Å². The summed E-state index contributed by atoms with van der Waals surface area (Å²) in [6.45, 7) is 4.29. The Morgan fingerprint density at radius 1 is 1.50 bits per heavy atom. The number of aromatic amines is 1. The third kappa shape index (κ3) is 2.27. The molecule has 2 aromatic heterocycles. The van der Waals surface area contributed by atoms with Crippen molar-refractivity contribution < 1.29 is 0 Å². The highest BCUT2D eigenvalue weighted by Gasteiger charge is 2.23. The molecule has 0 radical (unpaired) electrons. The SMILES string of the molecule is Cc1[nH]nc(C2CCCNC2)c1-c1cc(Br)cs1. The first-order valence-electron chi connectivity index (χ1n) is 6.25. The van der Waals surface area contributed by atoms with E-state index in [2.05, 4.69) is 49.8 Å². The minimum absolute atomic E-state index is 0.541. The van der Waals surface area contributed by atoms with Crippen LogP contribution in [0.15, 0.2) is 15.9 Å². The Bertz CT molecular complexity index is 540. The van der Waals surface area contributed by atoms with Crippen molar-refractivity contribution in [3.63, 3.8) is 0 Å². The van der Waals surface area contributed by atoms with Crippen LogP contribution in [0.1, 0.15) is 30.1 Å². The lowest BCUT2D eigenvalue weighted by atomic mass is 9.92. The zero-order valence-corrected chi connectivity index (χ0v) is 12.7. The molecule has 5 heteroatoms. The number of piperidine rings is 1. The van der Waals surface area contributed by atoms with Crippen molar-refractivity contribution in [2.45, 2.75) is 25.7 Å². The molecule has 1 saturated heterocycles. The maximum absolute atomic E-state index is 4.55. The van der Waals surface area contributed by atoms with E-state index < -0.39 is 0 Å². The highest BCUT2D eigenvalue weighted by molar-refractivity contribution is 9.10. The zero-order chi connectivity index (χ0) is 12.5. The van der Waals surface area contributed by atoms with Crippen molar-refractivity contribution in [2.75, 3.05) is 13.1 Å². The molecular weight excluding hydrogens is 310 g/mol. The molecule has 1 aliphatic rings. The Morgan fingerprint density at radius 2 is 2.39 bits per heavy atom. The number of aryl methyl sites for hydroxylation is 1. The summed E-state index contributed by atoms with van der Waals surface area (Å²) >= 11 is 5.30. The van der Waals surface area contributed by atoms with E-state index in [0.29, 0.717) is 5.92 Å². The van der Waals surface area contributed by atoms with E-state index in [1.807, 2.05) is 0 Å². The summed E-state index contributed by atoms with van der Waals surface area (Å²) in [7, 11) is 0. The van der Waals surface area contributed by atoms with Crippen LogP contribution in [0.3, 0.4) is 0 Å². The standard InChI is InChI=1S/C13H16BrN3S/c1-8-12(11-5-10(14)7-18-11)13(17-16-8)9-3-2-4-15-6-9/h5,7,9,15H,2-4,6H2,1H3,(H,16,17). The molecule has 3 heterocycles. The Morgan fingerprint density at radius 3 is 3.06 bits per heavy atom. The van der Waals surface area contributed by atoms with Crippen molar-refractivity contribution in [3.8, 4) is 10.4 Å². The van der Waals surface area contributed by atoms with Gasteiger partial charge in [-0.3, -0.25) is 5.10 Å². The molecule has 3 rings (SSSR count). The van der Waals surface area contributed by atoms with Gasteiger partial charge < -0.3 is 5.32 Å². The van der Waals surface area contributed by atoms with E-state index in [0.717, 1.165) is 17.6 Å². The summed E-state index contributed by atoms with van der Waals surface area (Å²) < 4.78 is 1.15.